The van der Waals surface area contributed by atoms with Crippen molar-refractivity contribution in [3.05, 3.63) is 35.9 Å². The highest BCUT2D eigenvalue weighted by atomic mass is 32.2. The van der Waals surface area contributed by atoms with Crippen molar-refractivity contribution in [2.75, 3.05) is 18.1 Å². The molecule has 1 aromatic rings. The van der Waals surface area contributed by atoms with Gasteiger partial charge in [0.05, 0.1) is 12.2 Å². The second-order valence-corrected chi connectivity index (χ2v) is 4.64. The maximum atomic E-state index is 5.85. The molecule has 3 heteroatoms. The lowest BCUT2D eigenvalue weighted by molar-refractivity contribution is -0.0231. The van der Waals surface area contributed by atoms with Crippen molar-refractivity contribution in [2.24, 2.45) is 5.73 Å². The fourth-order valence-corrected chi connectivity index (χ4v) is 2.46. The van der Waals surface area contributed by atoms with Gasteiger partial charge in [0.15, 0.2) is 0 Å². The Morgan fingerprint density at radius 1 is 1.29 bits per heavy atom. The minimum atomic E-state index is -0.0412. The first-order chi connectivity index (χ1) is 6.85. The van der Waals surface area contributed by atoms with Crippen LogP contribution in [0.15, 0.2) is 30.3 Å². The van der Waals surface area contributed by atoms with Crippen molar-refractivity contribution in [1.29, 1.82) is 0 Å². The Bertz CT molecular complexity index is 279. The summed E-state index contributed by atoms with van der Waals surface area (Å²) in [4.78, 5) is 0. The van der Waals surface area contributed by atoms with Gasteiger partial charge < -0.3 is 10.5 Å². The molecule has 0 aromatic heterocycles. The summed E-state index contributed by atoms with van der Waals surface area (Å²) in [5, 5.41) is 0. The normalized spacial score (nSPS) is 18.9. The van der Waals surface area contributed by atoms with Gasteiger partial charge in [-0.25, -0.2) is 0 Å². The lowest BCUT2D eigenvalue weighted by Gasteiger charge is -2.39. The molecule has 0 radical (unpaired) electrons. The third-order valence-corrected chi connectivity index (χ3v) is 3.95. The van der Waals surface area contributed by atoms with Gasteiger partial charge in [0.1, 0.15) is 0 Å². The summed E-state index contributed by atoms with van der Waals surface area (Å²) in [6.07, 6.45) is 0. The SMILES string of the molecule is NCC1(OCc2ccccc2)CSC1. The molecule has 1 saturated heterocycles. The van der Waals surface area contributed by atoms with E-state index in [9.17, 15) is 0 Å². The van der Waals surface area contributed by atoms with Gasteiger partial charge in [-0.15, -0.1) is 0 Å². The van der Waals surface area contributed by atoms with E-state index < -0.39 is 0 Å². The lowest BCUT2D eigenvalue weighted by Crippen LogP contribution is -2.52. The summed E-state index contributed by atoms with van der Waals surface area (Å²) < 4.78 is 5.85. The third-order valence-electron chi connectivity index (χ3n) is 2.49. The molecule has 2 rings (SSSR count). The van der Waals surface area contributed by atoms with Crippen LogP contribution in [0.2, 0.25) is 0 Å². The van der Waals surface area contributed by atoms with Crippen LogP contribution in [-0.4, -0.2) is 23.7 Å². The van der Waals surface area contributed by atoms with E-state index in [1.54, 1.807) is 0 Å². The minimum Gasteiger partial charge on any atom is -0.367 e. The van der Waals surface area contributed by atoms with Crippen LogP contribution in [0, 0.1) is 0 Å². The van der Waals surface area contributed by atoms with Gasteiger partial charge in [-0.1, -0.05) is 30.3 Å². The highest BCUT2D eigenvalue weighted by molar-refractivity contribution is 8.00. The zero-order chi connectivity index (χ0) is 9.86. The molecule has 0 bridgehead atoms. The Morgan fingerprint density at radius 2 is 2.00 bits per heavy atom. The van der Waals surface area contributed by atoms with Crippen molar-refractivity contribution >= 4 is 11.8 Å². The van der Waals surface area contributed by atoms with Gasteiger partial charge in [-0.2, -0.15) is 11.8 Å². The molecule has 0 saturated carbocycles. The monoisotopic (exact) mass is 209 g/mol. The number of nitrogens with two attached hydrogens (primary N) is 1. The molecule has 1 aliphatic heterocycles. The molecule has 0 unspecified atom stereocenters. The number of ether oxygens (including phenoxy) is 1. The minimum absolute atomic E-state index is 0.0412. The first kappa shape index (κ1) is 10.0. The largest absolute Gasteiger partial charge is 0.367 e. The molecule has 14 heavy (non-hydrogen) atoms. The number of rotatable bonds is 4. The van der Waals surface area contributed by atoms with Gasteiger partial charge in [-0.3, -0.25) is 0 Å². The van der Waals surface area contributed by atoms with Crippen LogP contribution in [0.5, 0.6) is 0 Å². The maximum Gasteiger partial charge on any atom is 0.0988 e. The lowest BCUT2D eigenvalue weighted by atomic mass is 10.1. The van der Waals surface area contributed by atoms with Crippen LogP contribution in [0.3, 0.4) is 0 Å². The van der Waals surface area contributed by atoms with Gasteiger partial charge in [0.2, 0.25) is 0 Å². The quantitative estimate of drug-likeness (QED) is 0.819. The molecular weight excluding hydrogens is 194 g/mol. The number of thioether (sulfide) groups is 1. The van der Waals surface area contributed by atoms with Crippen LogP contribution in [0.4, 0.5) is 0 Å². The summed E-state index contributed by atoms with van der Waals surface area (Å²) in [6.45, 7) is 1.31. The standard InChI is InChI=1S/C11H15NOS/c12-7-11(8-14-9-11)13-6-10-4-2-1-3-5-10/h1-5H,6-9,12H2. The topological polar surface area (TPSA) is 35.2 Å². The highest BCUT2D eigenvalue weighted by Crippen LogP contribution is 2.32. The van der Waals surface area contributed by atoms with Gasteiger partial charge in [-0.05, 0) is 5.56 Å². The van der Waals surface area contributed by atoms with Crippen molar-refractivity contribution in [3.8, 4) is 0 Å². The van der Waals surface area contributed by atoms with E-state index in [0.29, 0.717) is 13.2 Å². The van der Waals surface area contributed by atoms with Crippen molar-refractivity contribution < 1.29 is 4.74 Å². The smallest absolute Gasteiger partial charge is 0.0988 e. The Labute approximate surface area is 88.8 Å². The molecule has 0 atom stereocenters. The molecule has 0 amide bonds. The summed E-state index contributed by atoms with van der Waals surface area (Å²) in [7, 11) is 0. The Hall–Kier alpha value is -0.510. The third kappa shape index (κ3) is 2.11. The van der Waals surface area contributed by atoms with E-state index >= 15 is 0 Å². The summed E-state index contributed by atoms with van der Waals surface area (Å²) in [5.74, 6) is 2.08. The zero-order valence-corrected chi connectivity index (χ0v) is 8.93. The fraction of sp³-hybridized carbons (Fsp3) is 0.455. The molecule has 2 nitrogen and oxygen atoms in total. The Balaban J connectivity index is 1.88. The highest BCUT2D eigenvalue weighted by Gasteiger charge is 2.37. The van der Waals surface area contributed by atoms with Crippen LogP contribution in [-0.2, 0) is 11.3 Å². The zero-order valence-electron chi connectivity index (χ0n) is 8.11. The second-order valence-electron chi connectivity index (χ2n) is 3.65. The molecule has 2 N–H and O–H groups in total. The number of benzene rings is 1. The average molecular weight is 209 g/mol. The van der Waals surface area contributed by atoms with E-state index in [2.05, 4.69) is 12.1 Å². The second kappa shape index (κ2) is 4.34. The molecular formula is C11H15NOS. The molecule has 1 aliphatic rings. The van der Waals surface area contributed by atoms with Crippen LogP contribution in [0.1, 0.15) is 5.56 Å². The molecule has 0 spiro atoms. The van der Waals surface area contributed by atoms with Crippen LogP contribution in [0.25, 0.3) is 0 Å². The van der Waals surface area contributed by atoms with E-state index in [4.69, 9.17) is 10.5 Å². The van der Waals surface area contributed by atoms with E-state index in [1.165, 1.54) is 5.56 Å². The maximum absolute atomic E-state index is 5.85. The molecule has 1 heterocycles. The predicted molar refractivity (Wildman–Crippen MR) is 60.3 cm³/mol. The van der Waals surface area contributed by atoms with E-state index in [-0.39, 0.29) is 5.60 Å². The number of hydrogen-bond donors (Lipinski definition) is 1. The molecule has 0 aliphatic carbocycles. The Morgan fingerprint density at radius 3 is 2.50 bits per heavy atom. The van der Waals surface area contributed by atoms with Crippen molar-refractivity contribution in [3.63, 3.8) is 0 Å². The summed E-state index contributed by atoms with van der Waals surface area (Å²) in [5.41, 5.74) is 6.87. The average Bonchev–Trinajstić information content (AvgIpc) is 2.19. The fourth-order valence-electron chi connectivity index (χ4n) is 1.40. The summed E-state index contributed by atoms with van der Waals surface area (Å²) in [6, 6.07) is 10.2. The van der Waals surface area contributed by atoms with Gasteiger partial charge in [0, 0.05) is 18.1 Å². The first-order valence-electron chi connectivity index (χ1n) is 4.80. The van der Waals surface area contributed by atoms with Crippen molar-refractivity contribution in [2.45, 2.75) is 12.2 Å². The van der Waals surface area contributed by atoms with Crippen LogP contribution < -0.4 is 5.73 Å². The van der Waals surface area contributed by atoms with Crippen LogP contribution >= 0.6 is 11.8 Å². The van der Waals surface area contributed by atoms with E-state index in [0.717, 1.165) is 11.5 Å². The molecule has 1 aromatic carbocycles. The first-order valence-corrected chi connectivity index (χ1v) is 5.96. The predicted octanol–water partition coefficient (Wildman–Crippen LogP) is 1.65. The molecule has 1 fully saturated rings. The van der Waals surface area contributed by atoms with Gasteiger partial charge >= 0.3 is 0 Å². The molecule has 76 valence electrons. The number of hydrogen-bond acceptors (Lipinski definition) is 3. The summed E-state index contributed by atoms with van der Waals surface area (Å²) >= 11 is 1.90. The van der Waals surface area contributed by atoms with E-state index in [1.807, 2.05) is 30.0 Å². The van der Waals surface area contributed by atoms with Crippen molar-refractivity contribution in [1.82, 2.24) is 0 Å². The van der Waals surface area contributed by atoms with Gasteiger partial charge in [0.25, 0.3) is 0 Å². The Kier molecular flexibility index (Phi) is 3.11.